The van der Waals surface area contributed by atoms with Gasteiger partial charge in [-0.15, -0.1) is 0 Å². The van der Waals surface area contributed by atoms with Crippen LogP contribution in [0, 0.1) is 16.7 Å². The van der Waals surface area contributed by atoms with Crippen molar-refractivity contribution in [2.75, 3.05) is 17.2 Å². The zero-order chi connectivity index (χ0) is 16.3. The number of hydrogen-bond acceptors (Lipinski definition) is 4. The lowest BCUT2D eigenvalue weighted by molar-refractivity contribution is 0.443. The molecule has 1 amide bonds. The molecule has 0 bridgehead atoms. The molecule has 0 spiro atoms. The molecular formula is C16H16ClN4O. The Kier molecular flexibility index (Phi) is 4.53. The van der Waals surface area contributed by atoms with Crippen molar-refractivity contribution in [2.24, 2.45) is 5.41 Å². The lowest BCUT2D eigenvalue weighted by Gasteiger charge is -2.21. The smallest absolute Gasteiger partial charge is 0.314 e. The molecule has 1 aromatic carbocycles. The van der Waals surface area contributed by atoms with E-state index in [1.54, 1.807) is 18.5 Å². The van der Waals surface area contributed by atoms with E-state index in [4.69, 9.17) is 11.6 Å². The van der Waals surface area contributed by atoms with Gasteiger partial charge in [0, 0.05) is 23.8 Å². The molecule has 113 valence electrons. The summed E-state index contributed by atoms with van der Waals surface area (Å²) in [6.07, 6.45) is 3.11. The maximum atomic E-state index is 10.5. The highest BCUT2D eigenvalue weighted by molar-refractivity contribution is 6.36. The van der Waals surface area contributed by atoms with Crippen LogP contribution in [0.4, 0.5) is 11.4 Å². The molecule has 22 heavy (non-hydrogen) atoms. The van der Waals surface area contributed by atoms with Gasteiger partial charge in [-0.3, -0.25) is 9.78 Å². The quantitative estimate of drug-likeness (QED) is 0.843. The van der Waals surface area contributed by atoms with Crippen LogP contribution in [-0.2, 0) is 4.79 Å². The average molecular weight is 316 g/mol. The number of anilines is 2. The summed E-state index contributed by atoms with van der Waals surface area (Å²) in [5.41, 5.74) is 2.22. The molecule has 0 aliphatic carbocycles. The van der Waals surface area contributed by atoms with Gasteiger partial charge in [0.15, 0.2) is 0 Å². The number of benzene rings is 1. The maximum Gasteiger partial charge on any atom is 0.314 e. The summed E-state index contributed by atoms with van der Waals surface area (Å²) in [4.78, 5) is 14.8. The molecule has 1 radical (unpaired) electrons. The number of amides is 1. The minimum Gasteiger partial charge on any atom is -0.383 e. The summed E-state index contributed by atoms with van der Waals surface area (Å²) in [7, 11) is 0. The van der Waals surface area contributed by atoms with Crippen LogP contribution >= 0.6 is 11.6 Å². The van der Waals surface area contributed by atoms with Crippen LogP contribution in [0.15, 0.2) is 18.3 Å². The SMILES string of the molecule is CC(C)(C)CNc1c(C#N)cnc2c(Cl)cc(N[C]=O)cc12. The van der Waals surface area contributed by atoms with Crippen LogP contribution in [-0.4, -0.2) is 17.9 Å². The fourth-order valence-corrected chi connectivity index (χ4v) is 2.29. The standard InChI is InChI=1S/C16H16ClN4O/c1-16(2,3)8-20-14-10(6-18)7-19-15-12(14)4-11(21-9-22)5-13(15)17/h4-5,7H,8H2,1-3H3,(H,19,20)(H,21,22). The molecular weight excluding hydrogens is 300 g/mol. The molecule has 0 aliphatic rings. The number of hydrogen-bond donors (Lipinski definition) is 2. The predicted octanol–water partition coefficient (Wildman–Crippen LogP) is 3.70. The zero-order valence-corrected chi connectivity index (χ0v) is 13.4. The Morgan fingerprint density at radius 3 is 2.68 bits per heavy atom. The van der Waals surface area contributed by atoms with E-state index in [1.807, 2.05) is 0 Å². The van der Waals surface area contributed by atoms with Gasteiger partial charge in [0.1, 0.15) is 6.07 Å². The summed E-state index contributed by atoms with van der Waals surface area (Å²) in [6.45, 7) is 6.96. The second-order valence-corrected chi connectivity index (χ2v) is 6.56. The fraction of sp³-hybridized carbons (Fsp3) is 0.312. The molecule has 1 aromatic heterocycles. The molecule has 0 atom stereocenters. The van der Waals surface area contributed by atoms with Gasteiger partial charge in [-0.2, -0.15) is 5.26 Å². The van der Waals surface area contributed by atoms with E-state index < -0.39 is 0 Å². The maximum absolute atomic E-state index is 10.5. The van der Waals surface area contributed by atoms with E-state index in [-0.39, 0.29) is 5.41 Å². The molecule has 0 aliphatic heterocycles. The molecule has 6 heteroatoms. The normalized spacial score (nSPS) is 11.0. The van der Waals surface area contributed by atoms with Crippen molar-refractivity contribution < 1.29 is 4.79 Å². The Morgan fingerprint density at radius 2 is 2.09 bits per heavy atom. The molecule has 0 unspecified atom stereocenters. The minimum absolute atomic E-state index is 0.0402. The van der Waals surface area contributed by atoms with Gasteiger partial charge in [0.05, 0.1) is 21.8 Å². The van der Waals surface area contributed by atoms with Gasteiger partial charge in [-0.25, -0.2) is 0 Å². The van der Waals surface area contributed by atoms with Crippen LogP contribution in [0.1, 0.15) is 26.3 Å². The Morgan fingerprint density at radius 1 is 1.36 bits per heavy atom. The van der Waals surface area contributed by atoms with Crippen LogP contribution in [0.5, 0.6) is 0 Å². The van der Waals surface area contributed by atoms with Crippen LogP contribution in [0.3, 0.4) is 0 Å². The second kappa shape index (κ2) is 6.20. The molecule has 2 N–H and O–H groups in total. The van der Waals surface area contributed by atoms with Crippen molar-refractivity contribution in [1.29, 1.82) is 5.26 Å². The van der Waals surface area contributed by atoms with Crippen molar-refractivity contribution in [3.8, 4) is 6.07 Å². The number of nitriles is 1. The highest BCUT2D eigenvalue weighted by atomic mass is 35.5. The van der Waals surface area contributed by atoms with E-state index in [1.165, 1.54) is 6.20 Å². The van der Waals surface area contributed by atoms with Crippen molar-refractivity contribution in [2.45, 2.75) is 20.8 Å². The van der Waals surface area contributed by atoms with Crippen LogP contribution in [0.2, 0.25) is 5.02 Å². The lowest BCUT2D eigenvalue weighted by Crippen LogP contribution is -2.19. The topological polar surface area (TPSA) is 77.8 Å². The summed E-state index contributed by atoms with van der Waals surface area (Å²) in [6, 6.07) is 5.45. The third-order valence-electron chi connectivity index (χ3n) is 3.04. The Balaban J connectivity index is 2.63. The predicted molar refractivity (Wildman–Crippen MR) is 88.7 cm³/mol. The van der Waals surface area contributed by atoms with Crippen molar-refractivity contribution in [1.82, 2.24) is 4.98 Å². The first-order valence-electron chi connectivity index (χ1n) is 6.75. The molecule has 2 aromatic rings. The number of pyridine rings is 1. The first-order valence-corrected chi connectivity index (χ1v) is 7.13. The van der Waals surface area contributed by atoms with Gasteiger partial charge in [0.2, 0.25) is 0 Å². The third-order valence-corrected chi connectivity index (χ3v) is 3.32. The van der Waals surface area contributed by atoms with Gasteiger partial charge in [-0.05, 0) is 17.5 Å². The van der Waals surface area contributed by atoms with Crippen molar-refractivity contribution >= 4 is 40.3 Å². The first-order chi connectivity index (χ1) is 10.4. The molecule has 2 rings (SSSR count). The highest BCUT2D eigenvalue weighted by Gasteiger charge is 2.16. The number of nitrogens with zero attached hydrogens (tertiary/aromatic N) is 2. The fourth-order valence-electron chi connectivity index (χ4n) is 2.02. The van der Waals surface area contributed by atoms with Crippen molar-refractivity contribution in [3.05, 3.63) is 28.9 Å². The van der Waals surface area contributed by atoms with E-state index in [0.29, 0.717) is 39.4 Å². The Labute approximate surface area is 134 Å². The monoisotopic (exact) mass is 315 g/mol. The van der Waals surface area contributed by atoms with Gasteiger partial charge in [0.25, 0.3) is 0 Å². The molecule has 0 saturated heterocycles. The second-order valence-electron chi connectivity index (χ2n) is 6.15. The summed E-state index contributed by atoms with van der Waals surface area (Å²) >= 11 is 6.21. The number of rotatable bonds is 4. The number of carbonyl (C=O) groups excluding carboxylic acids is 1. The largest absolute Gasteiger partial charge is 0.383 e. The molecule has 0 saturated carbocycles. The summed E-state index contributed by atoms with van der Waals surface area (Å²) < 4.78 is 0. The summed E-state index contributed by atoms with van der Waals surface area (Å²) in [5.74, 6) is 0. The number of halogens is 1. The van der Waals surface area contributed by atoms with Crippen LogP contribution < -0.4 is 10.6 Å². The number of aromatic nitrogens is 1. The Bertz CT molecular complexity index is 759. The Hall–Kier alpha value is -2.32. The number of fused-ring (bicyclic) bond motifs is 1. The molecule has 0 fully saturated rings. The van der Waals surface area contributed by atoms with Crippen LogP contribution in [0.25, 0.3) is 10.9 Å². The van der Waals surface area contributed by atoms with E-state index >= 15 is 0 Å². The molecule has 5 nitrogen and oxygen atoms in total. The number of nitrogens with one attached hydrogen (secondary N) is 2. The van der Waals surface area contributed by atoms with Crippen molar-refractivity contribution in [3.63, 3.8) is 0 Å². The van der Waals surface area contributed by atoms with E-state index in [9.17, 15) is 10.1 Å². The van der Waals surface area contributed by atoms with E-state index in [0.717, 1.165) is 0 Å². The highest BCUT2D eigenvalue weighted by Crippen LogP contribution is 2.33. The van der Waals surface area contributed by atoms with Gasteiger partial charge in [-0.1, -0.05) is 32.4 Å². The minimum atomic E-state index is 0.0402. The summed E-state index contributed by atoms with van der Waals surface area (Å²) in [5, 5.41) is 16.1. The third kappa shape index (κ3) is 3.46. The zero-order valence-electron chi connectivity index (χ0n) is 12.6. The van der Waals surface area contributed by atoms with Gasteiger partial charge < -0.3 is 10.6 Å². The first kappa shape index (κ1) is 16.1. The van der Waals surface area contributed by atoms with Gasteiger partial charge >= 0.3 is 6.41 Å². The lowest BCUT2D eigenvalue weighted by atomic mass is 9.96. The van der Waals surface area contributed by atoms with E-state index in [2.05, 4.69) is 42.5 Å². The molecule has 1 heterocycles. The average Bonchev–Trinajstić information content (AvgIpc) is 2.44.